The summed E-state index contributed by atoms with van der Waals surface area (Å²) >= 11 is 0. The molecule has 0 radical (unpaired) electrons. The molecule has 5 rings (SSSR count). The van der Waals surface area contributed by atoms with E-state index in [9.17, 15) is 9.18 Å². The Morgan fingerprint density at radius 1 is 1.13 bits per heavy atom. The van der Waals surface area contributed by atoms with Crippen molar-refractivity contribution >= 4 is 5.97 Å². The number of rotatable bonds is 4. The van der Waals surface area contributed by atoms with Crippen molar-refractivity contribution in [2.24, 2.45) is 29.6 Å². The van der Waals surface area contributed by atoms with Crippen molar-refractivity contribution < 1.29 is 18.7 Å². The second kappa shape index (κ2) is 5.81. The van der Waals surface area contributed by atoms with E-state index in [0.29, 0.717) is 17.4 Å². The Kier molecular flexibility index (Phi) is 3.78. The van der Waals surface area contributed by atoms with Gasteiger partial charge in [0.2, 0.25) is 0 Å². The molecule has 4 heteroatoms. The van der Waals surface area contributed by atoms with E-state index in [1.54, 1.807) is 12.1 Å². The summed E-state index contributed by atoms with van der Waals surface area (Å²) in [5, 5.41) is 0. The monoisotopic (exact) mass is 318 g/mol. The van der Waals surface area contributed by atoms with E-state index in [-0.39, 0.29) is 24.2 Å². The van der Waals surface area contributed by atoms with Crippen LogP contribution in [-0.4, -0.2) is 13.1 Å². The highest BCUT2D eigenvalue weighted by Crippen LogP contribution is 2.56. The third-order valence-corrected chi connectivity index (χ3v) is 6.10. The van der Waals surface area contributed by atoms with Gasteiger partial charge >= 0.3 is 5.97 Å². The molecule has 0 saturated heterocycles. The fourth-order valence-electron chi connectivity index (χ4n) is 5.36. The van der Waals surface area contributed by atoms with E-state index in [2.05, 4.69) is 0 Å². The zero-order valence-corrected chi connectivity index (χ0v) is 13.5. The van der Waals surface area contributed by atoms with Gasteiger partial charge in [-0.25, -0.2) is 4.39 Å². The van der Waals surface area contributed by atoms with Crippen molar-refractivity contribution in [3.8, 4) is 5.75 Å². The molecule has 1 aromatic rings. The van der Waals surface area contributed by atoms with Gasteiger partial charge in [0.15, 0.2) is 11.6 Å². The Hall–Kier alpha value is -1.58. The molecule has 4 fully saturated rings. The van der Waals surface area contributed by atoms with Gasteiger partial charge in [0.1, 0.15) is 6.61 Å². The van der Waals surface area contributed by atoms with Crippen LogP contribution in [0.1, 0.15) is 37.7 Å². The molecule has 23 heavy (non-hydrogen) atoms. The summed E-state index contributed by atoms with van der Waals surface area (Å²) in [5.74, 6) is 2.52. The summed E-state index contributed by atoms with van der Waals surface area (Å²) in [7, 11) is 1.44. The standard InChI is InChI=1S/C19H23FO3/c1-22-17-3-2-11(9-16(17)20)10-23-19(21)18-14-5-12-4-13(7-14)8-15(18)6-12/h2-3,9,12-15,18H,4-8,10H2,1H3. The Labute approximate surface area is 136 Å². The molecule has 4 aliphatic rings. The normalized spacial score (nSPS) is 34.4. The highest BCUT2D eigenvalue weighted by atomic mass is 19.1. The smallest absolute Gasteiger partial charge is 0.309 e. The first-order valence-electron chi connectivity index (χ1n) is 8.63. The van der Waals surface area contributed by atoms with Crippen molar-refractivity contribution in [1.82, 2.24) is 0 Å². The maximum atomic E-state index is 13.7. The quantitative estimate of drug-likeness (QED) is 0.789. The van der Waals surface area contributed by atoms with Crippen LogP contribution in [0, 0.1) is 35.4 Å². The van der Waals surface area contributed by atoms with Crippen molar-refractivity contribution in [2.75, 3.05) is 7.11 Å². The number of methoxy groups -OCH3 is 1. The van der Waals surface area contributed by atoms with Crippen LogP contribution in [-0.2, 0) is 16.1 Å². The van der Waals surface area contributed by atoms with Gasteiger partial charge in [0, 0.05) is 0 Å². The van der Waals surface area contributed by atoms with Gasteiger partial charge in [-0.3, -0.25) is 4.79 Å². The predicted octanol–water partition coefficient (Wildman–Crippen LogP) is 3.95. The SMILES string of the molecule is COc1ccc(COC(=O)C2C3CC4CC(C3)CC2C4)cc1F. The van der Waals surface area contributed by atoms with E-state index in [0.717, 1.165) is 11.8 Å². The van der Waals surface area contributed by atoms with Gasteiger partial charge < -0.3 is 9.47 Å². The molecule has 0 aromatic heterocycles. The van der Waals surface area contributed by atoms with E-state index in [1.165, 1.54) is 45.3 Å². The van der Waals surface area contributed by atoms with Crippen LogP contribution in [0.2, 0.25) is 0 Å². The summed E-state index contributed by atoms with van der Waals surface area (Å²) in [6, 6.07) is 4.69. The van der Waals surface area contributed by atoms with E-state index >= 15 is 0 Å². The van der Waals surface area contributed by atoms with Crippen LogP contribution in [0.3, 0.4) is 0 Å². The molecule has 0 atom stereocenters. The fraction of sp³-hybridized carbons (Fsp3) is 0.632. The Bertz CT molecular complexity index is 585. The fourth-order valence-corrected chi connectivity index (χ4v) is 5.36. The Morgan fingerprint density at radius 2 is 1.78 bits per heavy atom. The Morgan fingerprint density at radius 3 is 2.35 bits per heavy atom. The van der Waals surface area contributed by atoms with Gasteiger partial charge in [0.25, 0.3) is 0 Å². The van der Waals surface area contributed by atoms with Crippen molar-refractivity contribution in [3.05, 3.63) is 29.6 Å². The van der Waals surface area contributed by atoms with Gasteiger partial charge in [-0.1, -0.05) is 6.07 Å². The lowest BCUT2D eigenvalue weighted by molar-refractivity contribution is -0.163. The number of hydrogen-bond donors (Lipinski definition) is 0. The van der Waals surface area contributed by atoms with Crippen LogP contribution < -0.4 is 4.74 Å². The van der Waals surface area contributed by atoms with Crippen molar-refractivity contribution in [1.29, 1.82) is 0 Å². The summed E-state index contributed by atoms with van der Waals surface area (Å²) in [4.78, 5) is 12.6. The average Bonchev–Trinajstić information content (AvgIpc) is 2.52. The number of ether oxygens (including phenoxy) is 2. The van der Waals surface area contributed by atoms with Gasteiger partial charge in [-0.15, -0.1) is 0 Å². The molecule has 0 spiro atoms. The number of halogens is 1. The predicted molar refractivity (Wildman–Crippen MR) is 83.3 cm³/mol. The average molecular weight is 318 g/mol. The molecular formula is C19H23FO3. The maximum Gasteiger partial charge on any atom is 0.309 e. The largest absolute Gasteiger partial charge is 0.494 e. The minimum atomic E-state index is -0.421. The van der Waals surface area contributed by atoms with Crippen molar-refractivity contribution in [2.45, 2.75) is 38.7 Å². The number of benzene rings is 1. The van der Waals surface area contributed by atoms with Gasteiger partial charge in [-0.2, -0.15) is 0 Å². The van der Waals surface area contributed by atoms with Gasteiger partial charge in [-0.05, 0) is 73.5 Å². The number of carbonyl (C=O) groups excluding carboxylic acids is 1. The van der Waals surface area contributed by atoms with Gasteiger partial charge in [0.05, 0.1) is 13.0 Å². The molecule has 4 bridgehead atoms. The molecule has 1 aromatic carbocycles. The maximum absolute atomic E-state index is 13.7. The van der Waals surface area contributed by atoms with E-state index in [4.69, 9.17) is 9.47 Å². The molecule has 0 unspecified atom stereocenters. The first-order chi connectivity index (χ1) is 11.1. The lowest BCUT2D eigenvalue weighted by Gasteiger charge is -2.53. The first-order valence-corrected chi connectivity index (χ1v) is 8.63. The van der Waals surface area contributed by atoms with Crippen LogP contribution in [0.5, 0.6) is 5.75 Å². The second-order valence-corrected chi connectivity index (χ2v) is 7.53. The van der Waals surface area contributed by atoms with E-state index in [1.807, 2.05) is 0 Å². The molecule has 0 N–H and O–H groups in total. The minimum absolute atomic E-state index is 0.0740. The zero-order valence-electron chi connectivity index (χ0n) is 13.5. The Balaban J connectivity index is 1.40. The zero-order chi connectivity index (χ0) is 16.0. The summed E-state index contributed by atoms with van der Waals surface area (Å²) in [6.07, 6.45) is 6.17. The molecular weight excluding hydrogens is 295 g/mol. The van der Waals surface area contributed by atoms with Crippen LogP contribution >= 0.6 is 0 Å². The number of hydrogen-bond acceptors (Lipinski definition) is 3. The molecule has 0 aliphatic heterocycles. The lowest BCUT2D eigenvalue weighted by Crippen LogP contribution is -2.48. The first kappa shape index (κ1) is 15.0. The topological polar surface area (TPSA) is 35.5 Å². The van der Waals surface area contributed by atoms with E-state index < -0.39 is 5.82 Å². The molecule has 124 valence electrons. The van der Waals surface area contributed by atoms with Crippen LogP contribution in [0.4, 0.5) is 4.39 Å². The molecule has 3 nitrogen and oxygen atoms in total. The summed E-state index contributed by atoms with van der Waals surface area (Å²) in [6.45, 7) is 0.141. The minimum Gasteiger partial charge on any atom is -0.494 e. The molecule has 4 aliphatic carbocycles. The third kappa shape index (κ3) is 2.73. The molecule has 0 amide bonds. The van der Waals surface area contributed by atoms with Crippen LogP contribution in [0.25, 0.3) is 0 Å². The highest BCUT2D eigenvalue weighted by molar-refractivity contribution is 5.73. The third-order valence-electron chi connectivity index (χ3n) is 6.10. The summed E-state index contributed by atoms with van der Waals surface area (Å²) < 4.78 is 24.1. The molecule has 4 saturated carbocycles. The van der Waals surface area contributed by atoms with Crippen molar-refractivity contribution in [3.63, 3.8) is 0 Å². The lowest BCUT2D eigenvalue weighted by atomic mass is 9.52. The number of carbonyl (C=O) groups is 1. The second-order valence-electron chi connectivity index (χ2n) is 7.53. The highest BCUT2D eigenvalue weighted by Gasteiger charge is 2.51. The number of esters is 1. The molecule has 0 heterocycles. The van der Waals surface area contributed by atoms with Crippen LogP contribution in [0.15, 0.2) is 18.2 Å². The summed E-state index contributed by atoms with van der Waals surface area (Å²) in [5.41, 5.74) is 0.667.